The maximum atomic E-state index is 12.2. The fourth-order valence-electron chi connectivity index (χ4n) is 1.93. The highest BCUT2D eigenvalue weighted by Gasteiger charge is 2.24. The second-order valence-corrected chi connectivity index (χ2v) is 6.71. The first kappa shape index (κ1) is 16.7. The van der Waals surface area contributed by atoms with Crippen molar-refractivity contribution >= 4 is 37.8 Å². The van der Waals surface area contributed by atoms with Gasteiger partial charge in [0.25, 0.3) is 0 Å². The zero-order valence-corrected chi connectivity index (χ0v) is 14.8. The standard InChI is InChI=1S/C17H14Br2N2O/c18-15(14-8-6-12(10-20)7-9-14)16(19)17(22)21-11-13-4-2-1-3-5-13/h1-9,15-16H,11H2,(H,21,22). The topological polar surface area (TPSA) is 52.9 Å². The first-order valence-electron chi connectivity index (χ1n) is 6.71. The molecule has 5 heteroatoms. The number of halogens is 2. The van der Waals surface area contributed by atoms with Crippen molar-refractivity contribution in [3.63, 3.8) is 0 Å². The van der Waals surface area contributed by atoms with Crippen LogP contribution >= 0.6 is 31.9 Å². The van der Waals surface area contributed by atoms with Crippen LogP contribution < -0.4 is 5.32 Å². The molecule has 0 saturated carbocycles. The summed E-state index contributed by atoms with van der Waals surface area (Å²) in [4.78, 5) is 11.6. The highest BCUT2D eigenvalue weighted by atomic mass is 79.9. The molecule has 0 saturated heterocycles. The highest BCUT2D eigenvalue weighted by molar-refractivity contribution is 9.12. The molecule has 0 aliphatic rings. The molecule has 0 bridgehead atoms. The molecule has 1 N–H and O–H groups in total. The van der Waals surface area contributed by atoms with E-state index in [0.717, 1.165) is 11.1 Å². The lowest BCUT2D eigenvalue weighted by Gasteiger charge is -2.17. The van der Waals surface area contributed by atoms with Gasteiger partial charge < -0.3 is 5.32 Å². The zero-order valence-electron chi connectivity index (χ0n) is 11.7. The van der Waals surface area contributed by atoms with Gasteiger partial charge in [0.2, 0.25) is 5.91 Å². The van der Waals surface area contributed by atoms with Crippen molar-refractivity contribution in [3.8, 4) is 6.07 Å². The Hall–Kier alpha value is -1.64. The molecule has 0 radical (unpaired) electrons. The zero-order chi connectivity index (χ0) is 15.9. The summed E-state index contributed by atoms with van der Waals surface area (Å²) in [5.41, 5.74) is 2.60. The van der Waals surface area contributed by atoms with Crippen LogP contribution in [0.25, 0.3) is 0 Å². The number of nitrogens with zero attached hydrogens (tertiary/aromatic N) is 1. The van der Waals surface area contributed by atoms with Gasteiger partial charge >= 0.3 is 0 Å². The molecule has 0 fully saturated rings. The van der Waals surface area contributed by atoms with E-state index in [4.69, 9.17) is 5.26 Å². The molecule has 112 valence electrons. The van der Waals surface area contributed by atoms with Crippen molar-refractivity contribution in [3.05, 3.63) is 71.3 Å². The van der Waals surface area contributed by atoms with E-state index in [1.807, 2.05) is 42.5 Å². The van der Waals surface area contributed by atoms with Gasteiger partial charge in [0.1, 0.15) is 4.83 Å². The monoisotopic (exact) mass is 420 g/mol. The van der Waals surface area contributed by atoms with Crippen LogP contribution in [0, 0.1) is 11.3 Å². The lowest BCUT2D eigenvalue weighted by molar-refractivity contribution is -0.120. The summed E-state index contributed by atoms with van der Waals surface area (Å²) in [5.74, 6) is -0.0879. The first-order chi connectivity index (χ1) is 10.6. The number of nitrogens with one attached hydrogen (secondary N) is 1. The summed E-state index contributed by atoms with van der Waals surface area (Å²) in [5, 5.41) is 11.7. The minimum atomic E-state index is -0.399. The van der Waals surface area contributed by atoms with E-state index in [0.29, 0.717) is 12.1 Å². The summed E-state index contributed by atoms with van der Waals surface area (Å²) in [7, 11) is 0. The second kappa shape index (κ2) is 8.11. The van der Waals surface area contributed by atoms with Crippen LogP contribution in [0.3, 0.4) is 0 Å². The maximum Gasteiger partial charge on any atom is 0.235 e. The first-order valence-corrected chi connectivity index (χ1v) is 8.55. The number of hydrogen-bond acceptors (Lipinski definition) is 2. The third-order valence-corrected chi connectivity index (χ3v) is 5.89. The van der Waals surface area contributed by atoms with Gasteiger partial charge in [-0.15, -0.1) is 0 Å². The van der Waals surface area contributed by atoms with E-state index < -0.39 is 4.83 Å². The van der Waals surface area contributed by atoms with Gasteiger partial charge in [-0.05, 0) is 23.3 Å². The summed E-state index contributed by atoms with van der Waals surface area (Å²) in [6.07, 6.45) is 0. The van der Waals surface area contributed by atoms with E-state index >= 15 is 0 Å². The van der Waals surface area contributed by atoms with Crippen LogP contribution in [0.15, 0.2) is 54.6 Å². The number of benzene rings is 2. The fourth-order valence-corrected chi connectivity index (χ4v) is 2.94. The van der Waals surface area contributed by atoms with Gasteiger partial charge in [-0.25, -0.2) is 0 Å². The molecule has 0 spiro atoms. The normalized spacial score (nSPS) is 13.0. The lowest BCUT2D eigenvalue weighted by atomic mass is 10.1. The molecule has 2 aromatic carbocycles. The molecule has 0 heterocycles. The molecule has 2 atom stereocenters. The van der Waals surface area contributed by atoms with Crippen LogP contribution in [-0.2, 0) is 11.3 Å². The molecular formula is C17H14Br2N2O. The van der Waals surface area contributed by atoms with Crippen LogP contribution in [0.1, 0.15) is 21.5 Å². The van der Waals surface area contributed by atoms with Gasteiger partial charge in [0.05, 0.1) is 16.5 Å². The van der Waals surface area contributed by atoms with E-state index in [9.17, 15) is 4.79 Å². The number of carbonyl (C=O) groups excluding carboxylic acids is 1. The fraction of sp³-hybridized carbons (Fsp3) is 0.176. The maximum absolute atomic E-state index is 12.2. The van der Waals surface area contributed by atoms with Gasteiger partial charge in [0, 0.05) is 6.54 Å². The molecule has 22 heavy (non-hydrogen) atoms. The average molecular weight is 422 g/mol. The van der Waals surface area contributed by atoms with Gasteiger partial charge in [-0.3, -0.25) is 4.79 Å². The number of carbonyl (C=O) groups is 1. The minimum absolute atomic E-state index is 0.0879. The molecule has 0 aliphatic heterocycles. The molecular weight excluding hydrogens is 408 g/mol. The van der Waals surface area contributed by atoms with Crippen molar-refractivity contribution < 1.29 is 4.79 Å². The van der Waals surface area contributed by atoms with Crippen LogP contribution in [0.2, 0.25) is 0 Å². The SMILES string of the molecule is N#Cc1ccc(C(Br)C(Br)C(=O)NCc2ccccc2)cc1. The molecule has 3 nitrogen and oxygen atoms in total. The van der Waals surface area contributed by atoms with Crippen LogP contribution in [-0.4, -0.2) is 10.7 Å². The number of nitriles is 1. The van der Waals surface area contributed by atoms with E-state index in [1.165, 1.54) is 0 Å². The number of rotatable bonds is 5. The molecule has 0 aromatic heterocycles. The van der Waals surface area contributed by atoms with Crippen molar-refractivity contribution in [2.24, 2.45) is 0 Å². The Kier molecular flexibility index (Phi) is 6.17. The number of alkyl halides is 2. The lowest BCUT2D eigenvalue weighted by Crippen LogP contribution is -2.32. The third-order valence-electron chi connectivity index (χ3n) is 3.18. The molecule has 2 rings (SSSR count). The average Bonchev–Trinajstić information content (AvgIpc) is 2.59. The summed E-state index contributed by atoms with van der Waals surface area (Å²) >= 11 is 6.96. The van der Waals surface area contributed by atoms with Gasteiger partial charge in [-0.1, -0.05) is 74.3 Å². The Labute approximate surface area is 146 Å². The van der Waals surface area contributed by atoms with E-state index in [-0.39, 0.29) is 10.7 Å². The van der Waals surface area contributed by atoms with Crippen molar-refractivity contribution in [2.75, 3.05) is 0 Å². The molecule has 1 amide bonds. The van der Waals surface area contributed by atoms with E-state index in [2.05, 4.69) is 43.2 Å². The Morgan fingerprint density at radius 2 is 1.73 bits per heavy atom. The van der Waals surface area contributed by atoms with Crippen LogP contribution in [0.5, 0.6) is 0 Å². The molecule has 0 aliphatic carbocycles. The Morgan fingerprint density at radius 1 is 1.09 bits per heavy atom. The second-order valence-electron chi connectivity index (χ2n) is 4.74. The summed E-state index contributed by atoms with van der Waals surface area (Å²) in [6.45, 7) is 0.495. The number of amides is 1. The Morgan fingerprint density at radius 3 is 2.32 bits per heavy atom. The summed E-state index contributed by atoms with van der Waals surface area (Å²) < 4.78 is 0. The van der Waals surface area contributed by atoms with Gasteiger partial charge in [-0.2, -0.15) is 5.26 Å². The van der Waals surface area contributed by atoms with Crippen molar-refractivity contribution in [1.82, 2.24) is 5.32 Å². The highest BCUT2D eigenvalue weighted by Crippen LogP contribution is 2.31. The predicted molar refractivity (Wildman–Crippen MR) is 93.8 cm³/mol. The quantitative estimate of drug-likeness (QED) is 0.739. The van der Waals surface area contributed by atoms with Crippen molar-refractivity contribution in [2.45, 2.75) is 16.2 Å². The third kappa shape index (κ3) is 4.43. The van der Waals surface area contributed by atoms with Gasteiger partial charge in [0.15, 0.2) is 0 Å². The smallest absolute Gasteiger partial charge is 0.235 e. The van der Waals surface area contributed by atoms with E-state index in [1.54, 1.807) is 12.1 Å². The number of hydrogen-bond donors (Lipinski definition) is 1. The molecule has 2 aromatic rings. The predicted octanol–water partition coefficient (Wildman–Crippen LogP) is 4.07. The van der Waals surface area contributed by atoms with Crippen LogP contribution in [0.4, 0.5) is 0 Å². The summed E-state index contributed by atoms with van der Waals surface area (Å²) in [6, 6.07) is 19.0. The largest absolute Gasteiger partial charge is 0.351 e. The Balaban J connectivity index is 1.95. The van der Waals surface area contributed by atoms with Crippen molar-refractivity contribution in [1.29, 1.82) is 5.26 Å². The molecule has 2 unspecified atom stereocenters. The Bertz CT molecular complexity index is 665. The minimum Gasteiger partial charge on any atom is -0.351 e.